The van der Waals surface area contributed by atoms with Gasteiger partial charge in [-0.1, -0.05) is 18.2 Å². The highest BCUT2D eigenvalue weighted by Gasteiger charge is 2.10. The Kier molecular flexibility index (Phi) is 4.11. The van der Waals surface area contributed by atoms with Gasteiger partial charge in [-0.05, 0) is 28.8 Å². The van der Waals surface area contributed by atoms with Gasteiger partial charge in [0.05, 0.1) is 13.7 Å². The molecule has 0 spiro atoms. The monoisotopic (exact) mass is 295 g/mol. The maximum absolute atomic E-state index is 5.72. The summed E-state index contributed by atoms with van der Waals surface area (Å²) in [6.45, 7) is 1.11. The quantitative estimate of drug-likeness (QED) is 0.777. The fourth-order valence-corrected chi connectivity index (χ4v) is 2.32. The summed E-state index contributed by atoms with van der Waals surface area (Å²) in [4.78, 5) is 8.34. The average molecular weight is 295 g/mol. The second-order valence-electron chi connectivity index (χ2n) is 4.90. The first kappa shape index (κ1) is 14.2. The van der Waals surface area contributed by atoms with Crippen LogP contribution in [-0.4, -0.2) is 26.9 Å². The lowest BCUT2D eigenvalue weighted by Gasteiger charge is -2.11. The number of ether oxygens (including phenoxy) is 1. The fourth-order valence-electron chi connectivity index (χ4n) is 2.32. The number of nitrogens with two attached hydrogens (primary N) is 1. The van der Waals surface area contributed by atoms with E-state index in [9.17, 15) is 0 Å². The Labute approximate surface area is 128 Å². The summed E-state index contributed by atoms with van der Waals surface area (Å²) < 4.78 is 7.14. The molecule has 3 aromatic rings. The first-order valence-corrected chi connectivity index (χ1v) is 6.95. The first-order valence-electron chi connectivity index (χ1n) is 6.95. The Hall–Kier alpha value is -2.73. The molecule has 2 N–H and O–H groups in total. The van der Waals surface area contributed by atoms with Gasteiger partial charge in [-0.15, -0.1) is 0 Å². The van der Waals surface area contributed by atoms with Crippen molar-refractivity contribution in [3.05, 3.63) is 60.3 Å². The number of hydrogen-bond donors (Lipinski definition) is 1. The third kappa shape index (κ3) is 2.96. The average Bonchev–Trinajstić information content (AvgIpc) is 3.08. The molecule has 0 bridgehead atoms. The largest absolute Gasteiger partial charge is 0.481 e. The van der Waals surface area contributed by atoms with E-state index in [1.807, 2.05) is 18.2 Å². The van der Waals surface area contributed by atoms with Crippen molar-refractivity contribution in [2.75, 3.05) is 7.11 Å². The van der Waals surface area contributed by atoms with E-state index in [1.165, 1.54) is 6.33 Å². The predicted molar refractivity (Wildman–Crippen MR) is 83.2 cm³/mol. The van der Waals surface area contributed by atoms with Gasteiger partial charge in [0.25, 0.3) is 0 Å². The Morgan fingerprint density at radius 2 is 2.14 bits per heavy atom. The number of methoxy groups -OCH3 is 1. The minimum Gasteiger partial charge on any atom is -0.481 e. The maximum atomic E-state index is 5.72. The van der Waals surface area contributed by atoms with Crippen molar-refractivity contribution >= 4 is 0 Å². The molecule has 0 fully saturated rings. The van der Waals surface area contributed by atoms with Crippen molar-refractivity contribution in [1.82, 2.24) is 19.7 Å². The molecule has 0 aliphatic carbocycles. The molecule has 2 heterocycles. The Bertz CT molecular complexity index is 755. The Morgan fingerprint density at radius 3 is 2.86 bits per heavy atom. The van der Waals surface area contributed by atoms with E-state index in [2.05, 4.69) is 27.2 Å². The third-order valence-electron chi connectivity index (χ3n) is 3.39. The van der Waals surface area contributed by atoms with Crippen LogP contribution in [0, 0.1) is 0 Å². The van der Waals surface area contributed by atoms with Crippen molar-refractivity contribution in [3.63, 3.8) is 0 Å². The SMILES string of the molecule is COc1ncc(Cn2cncn2)cc1-c1cccc(CN)c1. The smallest absolute Gasteiger partial charge is 0.221 e. The van der Waals surface area contributed by atoms with Crippen LogP contribution in [0.25, 0.3) is 11.1 Å². The fraction of sp³-hybridized carbons (Fsp3) is 0.188. The molecule has 0 atom stereocenters. The van der Waals surface area contributed by atoms with Crippen LogP contribution in [0.15, 0.2) is 49.2 Å². The van der Waals surface area contributed by atoms with E-state index < -0.39 is 0 Å². The number of hydrogen-bond acceptors (Lipinski definition) is 5. The van der Waals surface area contributed by atoms with Crippen LogP contribution in [0.4, 0.5) is 0 Å². The van der Waals surface area contributed by atoms with Gasteiger partial charge in [-0.3, -0.25) is 0 Å². The van der Waals surface area contributed by atoms with Gasteiger partial charge in [-0.25, -0.2) is 14.6 Å². The molecule has 0 saturated heterocycles. The van der Waals surface area contributed by atoms with Gasteiger partial charge in [0, 0.05) is 18.3 Å². The van der Waals surface area contributed by atoms with Gasteiger partial charge in [-0.2, -0.15) is 5.10 Å². The number of aromatic nitrogens is 4. The number of rotatable bonds is 5. The van der Waals surface area contributed by atoms with Crippen LogP contribution >= 0.6 is 0 Å². The maximum Gasteiger partial charge on any atom is 0.221 e. The van der Waals surface area contributed by atoms with Gasteiger partial charge in [0.15, 0.2) is 0 Å². The first-order chi connectivity index (χ1) is 10.8. The van der Waals surface area contributed by atoms with Crippen molar-refractivity contribution in [1.29, 1.82) is 0 Å². The zero-order chi connectivity index (χ0) is 15.4. The minimum absolute atomic E-state index is 0.502. The summed E-state index contributed by atoms with van der Waals surface area (Å²) in [5.74, 6) is 0.594. The van der Waals surface area contributed by atoms with Gasteiger partial charge >= 0.3 is 0 Å². The van der Waals surface area contributed by atoms with Crippen molar-refractivity contribution in [2.24, 2.45) is 5.73 Å². The molecular formula is C16H17N5O. The van der Waals surface area contributed by atoms with Crippen molar-refractivity contribution in [2.45, 2.75) is 13.1 Å². The van der Waals surface area contributed by atoms with E-state index >= 15 is 0 Å². The van der Waals surface area contributed by atoms with Crippen LogP contribution in [0.3, 0.4) is 0 Å². The topological polar surface area (TPSA) is 78.8 Å². The summed E-state index contributed by atoms with van der Waals surface area (Å²) in [6.07, 6.45) is 4.98. The molecule has 0 amide bonds. The Morgan fingerprint density at radius 1 is 1.23 bits per heavy atom. The number of benzene rings is 1. The van der Waals surface area contributed by atoms with Gasteiger partial charge in [0.2, 0.25) is 5.88 Å². The molecule has 0 unspecified atom stereocenters. The lowest BCUT2D eigenvalue weighted by atomic mass is 10.0. The standard InChI is InChI=1S/C16H17N5O/c1-22-16-15(14-4-2-3-12(5-14)7-17)6-13(8-19-16)9-21-11-18-10-20-21/h2-6,8,10-11H,7,9,17H2,1H3. The summed E-state index contributed by atoms with van der Waals surface area (Å²) >= 11 is 0. The summed E-state index contributed by atoms with van der Waals surface area (Å²) in [6, 6.07) is 10.1. The molecule has 0 aliphatic rings. The van der Waals surface area contributed by atoms with Crippen molar-refractivity contribution in [3.8, 4) is 17.0 Å². The normalized spacial score (nSPS) is 10.6. The third-order valence-corrected chi connectivity index (χ3v) is 3.39. The highest BCUT2D eigenvalue weighted by molar-refractivity contribution is 5.69. The summed E-state index contributed by atoms with van der Waals surface area (Å²) in [5, 5.41) is 4.11. The number of nitrogens with zero attached hydrogens (tertiary/aromatic N) is 4. The second kappa shape index (κ2) is 6.36. The highest BCUT2D eigenvalue weighted by atomic mass is 16.5. The zero-order valence-electron chi connectivity index (χ0n) is 12.3. The Balaban J connectivity index is 2.00. The molecule has 0 aliphatic heterocycles. The molecule has 2 aromatic heterocycles. The molecular weight excluding hydrogens is 278 g/mol. The molecule has 6 nitrogen and oxygen atoms in total. The van der Waals surface area contributed by atoms with Crippen LogP contribution in [-0.2, 0) is 13.1 Å². The highest BCUT2D eigenvalue weighted by Crippen LogP contribution is 2.29. The van der Waals surface area contributed by atoms with E-state index in [4.69, 9.17) is 10.5 Å². The molecule has 1 aromatic carbocycles. The summed E-state index contributed by atoms with van der Waals surface area (Å²) in [7, 11) is 1.62. The van der Waals surface area contributed by atoms with E-state index in [0.717, 1.165) is 22.3 Å². The molecule has 3 rings (SSSR count). The zero-order valence-corrected chi connectivity index (χ0v) is 12.3. The van der Waals surface area contributed by atoms with E-state index in [-0.39, 0.29) is 0 Å². The number of pyridine rings is 1. The summed E-state index contributed by atoms with van der Waals surface area (Å²) in [5.41, 5.74) is 9.80. The molecule has 0 saturated carbocycles. The van der Waals surface area contributed by atoms with Gasteiger partial charge in [0.1, 0.15) is 12.7 Å². The predicted octanol–water partition coefficient (Wildman–Crippen LogP) is 1.86. The molecule has 112 valence electrons. The molecule has 0 radical (unpaired) electrons. The lowest BCUT2D eigenvalue weighted by Crippen LogP contribution is -2.02. The van der Waals surface area contributed by atoms with E-state index in [1.54, 1.807) is 24.3 Å². The second-order valence-corrected chi connectivity index (χ2v) is 4.90. The van der Waals surface area contributed by atoms with E-state index in [0.29, 0.717) is 19.0 Å². The lowest BCUT2D eigenvalue weighted by molar-refractivity contribution is 0.399. The van der Waals surface area contributed by atoms with Crippen LogP contribution in [0.2, 0.25) is 0 Å². The van der Waals surface area contributed by atoms with Crippen LogP contribution < -0.4 is 10.5 Å². The van der Waals surface area contributed by atoms with Gasteiger partial charge < -0.3 is 10.5 Å². The van der Waals surface area contributed by atoms with Crippen molar-refractivity contribution < 1.29 is 4.74 Å². The molecule has 22 heavy (non-hydrogen) atoms. The minimum atomic E-state index is 0.502. The van der Waals surface area contributed by atoms with Crippen LogP contribution in [0.5, 0.6) is 5.88 Å². The van der Waals surface area contributed by atoms with Crippen LogP contribution in [0.1, 0.15) is 11.1 Å². The molecule has 6 heteroatoms.